The van der Waals surface area contributed by atoms with Crippen LogP contribution in [0.2, 0.25) is 0 Å². The second kappa shape index (κ2) is 6.85. The number of nitrogens with one attached hydrogen (secondary N) is 1. The van der Waals surface area contributed by atoms with E-state index in [4.69, 9.17) is 4.98 Å². The fraction of sp³-hybridized carbons (Fsp3) is 0.733. The van der Waals surface area contributed by atoms with Crippen molar-refractivity contribution in [3.8, 4) is 0 Å². The summed E-state index contributed by atoms with van der Waals surface area (Å²) in [6.07, 6.45) is 7.02. The molecule has 0 aliphatic heterocycles. The highest BCUT2D eigenvalue weighted by molar-refractivity contribution is 5.36. The summed E-state index contributed by atoms with van der Waals surface area (Å²) in [7, 11) is 0. The fourth-order valence-corrected chi connectivity index (χ4v) is 2.21. The predicted octanol–water partition coefficient (Wildman–Crippen LogP) is 2.66. The van der Waals surface area contributed by atoms with Crippen molar-refractivity contribution in [1.82, 2.24) is 15.3 Å². The zero-order valence-electron chi connectivity index (χ0n) is 12.4. The summed E-state index contributed by atoms with van der Waals surface area (Å²) in [5.74, 6) is 0.925. The molecule has 1 saturated carbocycles. The van der Waals surface area contributed by atoms with E-state index in [1.54, 1.807) is 0 Å². The third kappa shape index (κ3) is 3.90. The molecule has 19 heavy (non-hydrogen) atoms. The van der Waals surface area contributed by atoms with Crippen LogP contribution in [0.4, 0.5) is 5.95 Å². The topological polar surface area (TPSA) is 41.1 Å². The lowest BCUT2D eigenvalue weighted by Crippen LogP contribution is -2.29. The number of unbranched alkanes of at least 4 members (excludes halogenated alkanes) is 1. The Kier molecular flexibility index (Phi) is 5.14. The summed E-state index contributed by atoms with van der Waals surface area (Å²) in [5.41, 5.74) is 2.31. The van der Waals surface area contributed by atoms with E-state index in [0.717, 1.165) is 31.3 Å². The highest BCUT2D eigenvalue weighted by Crippen LogP contribution is 2.30. The molecule has 0 bridgehead atoms. The van der Waals surface area contributed by atoms with E-state index in [1.807, 2.05) is 6.20 Å². The molecule has 106 valence electrons. The third-order valence-electron chi connectivity index (χ3n) is 3.63. The molecule has 1 aromatic rings. The fourth-order valence-electron chi connectivity index (χ4n) is 2.21. The number of aryl methyl sites for hydroxylation is 1. The van der Waals surface area contributed by atoms with Crippen LogP contribution in [0.1, 0.15) is 50.8 Å². The van der Waals surface area contributed by atoms with Gasteiger partial charge in [-0.1, -0.05) is 20.3 Å². The molecule has 4 heteroatoms. The number of nitrogens with zero attached hydrogens (tertiary/aromatic N) is 3. The molecule has 1 aliphatic rings. The van der Waals surface area contributed by atoms with Crippen LogP contribution >= 0.6 is 0 Å². The molecule has 1 heterocycles. The van der Waals surface area contributed by atoms with Gasteiger partial charge in [-0.05, 0) is 32.7 Å². The van der Waals surface area contributed by atoms with Crippen molar-refractivity contribution in [1.29, 1.82) is 0 Å². The first kappa shape index (κ1) is 14.3. The zero-order chi connectivity index (χ0) is 13.7. The van der Waals surface area contributed by atoms with Gasteiger partial charge in [-0.2, -0.15) is 0 Å². The van der Waals surface area contributed by atoms with Crippen LogP contribution in [-0.2, 0) is 6.54 Å². The van der Waals surface area contributed by atoms with E-state index >= 15 is 0 Å². The van der Waals surface area contributed by atoms with Crippen LogP contribution in [-0.4, -0.2) is 29.1 Å². The number of hydrogen-bond donors (Lipinski definition) is 1. The molecule has 0 amide bonds. The quantitative estimate of drug-likeness (QED) is 0.782. The summed E-state index contributed by atoms with van der Waals surface area (Å²) in [5, 5.41) is 3.33. The van der Waals surface area contributed by atoms with E-state index in [-0.39, 0.29) is 0 Å². The standard InChI is InChI=1S/C15H26N4/c1-4-6-9-19(14-7-8-14)15-17-11-13(10-16-5-2)12(3)18-15/h11,14,16H,4-10H2,1-3H3. The van der Waals surface area contributed by atoms with Crippen LogP contribution < -0.4 is 10.2 Å². The van der Waals surface area contributed by atoms with Gasteiger partial charge in [-0.25, -0.2) is 9.97 Å². The lowest BCUT2D eigenvalue weighted by Gasteiger charge is -2.22. The molecule has 1 fully saturated rings. The van der Waals surface area contributed by atoms with Crippen LogP contribution in [0, 0.1) is 6.92 Å². The Balaban J connectivity index is 2.07. The van der Waals surface area contributed by atoms with Gasteiger partial charge < -0.3 is 10.2 Å². The maximum atomic E-state index is 4.72. The van der Waals surface area contributed by atoms with Crippen molar-refractivity contribution in [2.24, 2.45) is 0 Å². The van der Waals surface area contributed by atoms with Crippen molar-refractivity contribution in [3.05, 3.63) is 17.5 Å². The smallest absolute Gasteiger partial charge is 0.225 e. The number of hydrogen-bond acceptors (Lipinski definition) is 4. The maximum absolute atomic E-state index is 4.72. The molecule has 0 spiro atoms. The second-order valence-corrected chi connectivity index (χ2v) is 5.34. The Hall–Kier alpha value is -1.16. The molecule has 2 rings (SSSR count). The van der Waals surface area contributed by atoms with Crippen LogP contribution in [0.3, 0.4) is 0 Å². The van der Waals surface area contributed by atoms with Gasteiger partial charge in [-0.3, -0.25) is 0 Å². The van der Waals surface area contributed by atoms with E-state index < -0.39 is 0 Å². The minimum Gasteiger partial charge on any atom is -0.338 e. The minimum absolute atomic E-state index is 0.686. The average Bonchev–Trinajstić information content (AvgIpc) is 3.23. The molecule has 0 unspecified atom stereocenters. The first-order valence-corrected chi connectivity index (χ1v) is 7.56. The highest BCUT2D eigenvalue weighted by Gasteiger charge is 2.30. The van der Waals surface area contributed by atoms with E-state index in [1.165, 1.54) is 31.2 Å². The minimum atomic E-state index is 0.686. The van der Waals surface area contributed by atoms with Gasteiger partial charge in [0.25, 0.3) is 0 Å². The summed E-state index contributed by atoms with van der Waals surface area (Å²) in [6.45, 7) is 9.36. The normalized spacial score (nSPS) is 14.7. The van der Waals surface area contributed by atoms with Crippen molar-refractivity contribution >= 4 is 5.95 Å². The van der Waals surface area contributed by atoms with Crippen molar-refractivity contribution < 1.29 is 0 Å². The Bertz CT molecular complexity index is 401. The zero-order valence-corrected chi connectivity index (χ0v) is 12.4. The van der Waals surface area contributed by atoms with Crippen molar-refractivity contribution in [2.45, 2.75) is 59.0 Å². The van der Waals surface area contributed by atoms with Gasteiger partial charge in [0.15, 0.2) is 0 Å². The van der Waals surface area contributed by atoms with Crippen molar-refractivity contribution in [2.75, 3.05) is 18.0 Å². The van der Waals surface area contributed by atoms with Gasteiger partial charge in [0.2, 0.25) is 5.95 Å². The molecule has 0 aromatic carbocycles. The molecule has 1 aliphatic carbocycles. The molecular formula is C15H26N4. The van der Waals surface area contributed by atoms with E-state index in [0.29, 0.717) is 6.04 Å². The second-order valence-electron chi connectivity index (χ2n) is 5.34. The molecule has 1 aromatic heterocycles. The van der Waals surface area contributed by atoms with Gasteiger partial charge in [-0.15, -0.1) is 0 Å². The molecule has 0 atom stereocenters. The lowest BCUT2D eigenvalue weighted by molar-refractivity contribution is 0.684. The Morgan fingerprint density at radius 1 is 1.37 bits per heavy atom. The summed E-state index contributed by atoms with van der Waals surface area (Å²) in [6, 6.07) is 0.686. The molecule has 0 radical (unpaired) electrons. The molecule has 1 N–H and O–H groups in total. The summed E-state index contributed by atoms with van der Waals surface area (Å²) < 4.78 is 0. The van der Waals surface area contributed by atoms with E-state index in [2.05, 4.69) is 36.0 Å². The number of rotatable bonds is 8. The monoisotopic (exact) mass is 262 g/mol. The predicted molar refractivity (Wildman–Crippen MR) is 79.4 cm³/mol. The van der Waals surface area contributed by atoms with Gasteiger partial charge in [0, 0.05) is 36.6 Å². The Labute approximate surface area is 116 Å². The largest absolute Gasteiger partial charge is 0.338 e. The number of anilines is 1. The van der Waals surface area contributed by atoms with E-state index in [9.17, 15) is 0 Å². The summed E-state index contributed by atoms with van der Waals surface area (Å²) >= 11 is 0. The number of aromatic nitrogens is 2. The molecule has 0 saturated heterocycles. The lowest BCUT2D eigenvalue weighted by atomic mass is 10.2. The summed E-state index contributed by atoms with van der Waals surface area (Å²) in [4.78, 5) is 11.7. The third-order valence-corrected chi connectivity index (χ3v) is 3.63. The Morgan fingerprint density at radius 3 is 2.74 bits per heavy atom. The average molecular weight is 262 g/mol. The molecular weight excluding hydrogens is 236 g/mol. The van der Waals surface area contributed by atoms with Gasteiger partial charge in [0.05, 0.1) is 0 Å². The van der Waals surface area contributed by atoms with Crippen LogP contribution in [0.25, 0.3) is 0 Å². The first-order chi connectivity index (χ1) is 9.26. The first-order valence-electron chi connectivity index (χ1n) is 7.56. The molecule has 4 nitrogen and oxygen atoms in total. The van der Waals surface area contributed by atoms with Crippen LogP contribution in [0.5, 0.6) is 0 Å². The highest BCUT2D eigenvalue weighted by atomic mass is 15.3. The van der Waals surface area contributed by atoms with Crippen molar-refractivity contribution in [3.63, 3.8) is 0 Å². The van der Waals surface area contributed by atoms with Gasteiger partial charge in [0.1, 0.15) is 0 Å². The Morgan fingerprint density at radius 2 is 2.16 bits per heavy atom. The van der Waals surface area contributed by atoms with Crippen LogP contribution in [0.15, 0.2) is 6.20 Å². The SMILES string of the molecule is CCCCN(c1ncc(CNCC)c(C)n1)C1CC1. The maximum Gasteiger partial charge on any atom is 0.225 e. The van der Waals surface area contributed by atoms with Gasteiger partial charge >= 0.3 is 0 Å².